The lowest BCUT2D eigenvalue weighted by Gasteiger charge is -2.45. The summed E-state index contributed by atoms with van der Waals surface area (Å²) in [6.45, 7) is 0. The first kappa shape index (κ1) is 33.1. The highest BCUT2D eigenvalue weighted by Crippen LogP contribution is 2.67. The summed E-state index contributed by atoms with van der Waals surface area (Å²) in [7, 11) is 0. The van der Waals surface area contributed by atoms with Crippen LogP contribution in [0.2, 0.25) is 0 Å². The summed E-state index contributed by atoms with van der Waals surface area (Å²) in [5.41, 5.74) is 12.5. The quantitative estimate of drug-likeness (QED) is 0.159. The number of hydrogen-bond acceptors (Lipinski definition) is 1. The summed E-state index contributed by atoms with van der Waals surface area (Å²) in [5.74, 6) is 1.85. The van der Waals surface area contributed by atoms with Gasteiger partial charge >= 0.3 is 0 Å². The molecule has 13 rings (SSSR count). The molecule has 1 spiro atoms. The van der Waals surface area contributed by atoms with Crippen molar-refractivity contribution >= 4 is 60.4 Å². The number of fused-ring (bicyclic) bond motifs is 8. The summed E-state index contributed by atoms with van der Waals surface area (Å²) in [4.78, 5) is 2.38. The van der Waals surface area contributed by atoms with Gasteiger partial charge in [-0.1, -0.05) is 140 Å². The Balaban J connectivity index is 1.07. The van der Waals surface area contributed by atoms with Crippen LogP contribution in [0.15, 0.2) is 206 Å². The first-order valence-electron chi connectivity index (χ1n) is 21.3. The molecule has 0 bridgehead atoms. The Morgan fingerprint density at radius 1 is 0.475 bits per heavy atom. The molecule has 59 heavy (non-hydrogen) atoms. The summed E-state index contributed by atoms with van der Waals surface area (Å²) < 4.78 is 2.55. The monoisotopic (exact) mass is 754 g/mol. The molecule has 9 aromatic rings. The average molecular weight is 755 g/mol. The van der Waals surface area contributed by atoms with Gasteiger partial charge < -0.3 is 9.47 Å². The normalized spacial score (nSPS) is 22.3. The summed E-state index contributed by atoms with van der Waals surface area (Å²) in [6.07, 6.45) is 17.3. The van der Waals surface area contributed by atoms with Crippen molar-refractivity contribution in [2.45, 2.75) is 18.3 Å². The lowest BCUT2D eigenvalue weighted by molar-refractivity contribution is 0.323. The number of benzene rings is 8. The van der Waals surface area contributed by atoms with E-state index in [1.54, 1.807) is 0 Å². The molecule has 0 radical (unpaired) electrons. The molecule has 2 nitrogen and oxygen atoms in total. The standard InChI is InChI=1S/C57H42N2/c1-3-17-42(18-4-1)58(45-32-28-37-14-7-8-15-40(37)34-45)44-30-26-38(27-31-44)41-35-51-55-53(36-41)59(43-19-5-2-6-20-43)52-33-29-39-16-13-25-50(54(39)56(52)55)57(51)48-23-11-9-21-46(48)47-22-10-12-24-49(47)57/h1-9,11-21,23-36,46-49H,10,22H2. The van der Waals surface area contributed by atoms with Gasteiger partial charge in [0.1, 0.15) is 0 Å². The van der Waals surface area contributed by atoms with E-state index >= 15 is 0 Å². The summed E-state index contributed by atoms with van der Waals surface area (Å²) in [5, 5.41) is 8.11. The van der Waals surface area contributed by atoms with E-state index < -0.39 is 0 Å². The molecule has 0 N–H and O–H groups in total. The van der Waals surface area contributed by atoms with Gasteiger partial charge in [0.25, 0.3) is 0 Å². The van der Waals surface area contributed by atoms with Crippen molar-refractivity contribution in [1.29, 1.82) is 0 Å². The third-order valence-electron chi connectivity index (χ3n) is 14.4. The predicted octanol–water partition coefficient (Wildman–Crippen LogP) is 14.8. The van der Waals surface area contributed by atoms with E-state index in [1.807, 2.05) is 0 Å². The second kappa shape index (κ2) is 12.5. The van der Waals surface area contributed by atoms with E-state index in [4.69, 9.17) is 0 Å². The van der Waals surface area contributed by atoms with Crippen LogP contribution in [0.1, 0.15) is 24.0 Å². The third-order valence-corrected chi connectivity index (χ3v) is 14.4. The Labute approximate surface area is 344 Å². The molecule has 1 fully saturated rings. The van der Waals surface area contributed by atoms with Gasteiger partial charge in [-0.3, -0.25) is 0 Å². The largest absolute Gasteiger partial charge is 0.310 e. The zero-order valence-electron chi connectivity index (χ0n) is 32.7. The van der Waals surface area contributed by atoms with E-state index in [-0.39, 0.29) is 5.41 Å². The first-order chi connectivity index (χ1) is 29.3. The van der Waals surface area contributed by atoms with Gasteiger partial charge in [-0.25, -0.2) is 0 Å². The van der Waals surface area contributed by atoms with Crippen molar-refractivity contribution in [1.82, 2.24) is 4.57 Å². The van der Waals surface area contributed by atoms with Crippen molar-refractivity contribution < 1.29 is 0 Å². The van der Waals surface area contributed by atoms with Crippen molar-refractivity contribution in [2.75, 3.05) is 4.90 Å². The molecule has 1 heterocycles. The van der Waals surface area contributed by atoms with Gasteiger partial charge in [0.05, 0.1) is 11.0 Å². The topological polar surface area (TPSA) is 8.17 Å². The zero-order chi connectivity index (χ0) is 38.7. The van der Waals surface area contributed by atoms with E-state index in [9.17, 15) is 0 Å². The maximum atomic E-state index is 2.63. The number of nitrogens with zero attached hydrogens (tertiary/aromatic N) is 2. The van der Waals surface area contributed by atoms with Crippen LogP contribution < -0.4 is 4.90 Å². The summed E-state index contributed by atoms with van der Waals surface area (Å²) in [6, 6.07) is 63.6. The fraction of sp³-hybridized carbons (Fsp3) is 0.123. The molecule has 0 amide bonds. The maximum Gasteiger partial charge on any atom is 0.0550 e. The Bertz CT molecular complexity index is 3240. The fourth-order valence-electron chi connectivity index (χ4n) is 12.2. The number of allylic oxidation sites excluding steroid dienone is 6. The van der Waals surface area contributed by atoms with Crippen molar-refractivity contribution in [3.8, 4) is 16.8 Å². The second-order valence-corrected chi connectivity index (χ2v) is 17.1. The number of aromatic nitrogens is 1. The molecular formula is C57H42N2. The molecule has 1 aromatic heterocycles. The highest BCUT2D eigenvalue weighted by molar-refractivity contribution is 6.26. The first-order valence-corrected chi connectivity index (χ1v) is 21.3. The molecule has 5 unspecified atom stereocenters. The zero-order valence-corrected chi connectivity index (χ0v) is 32.7. The van der Waals surface area contributed by atoms with Crippen molar-refractivity contribution in [3.05, 3.63) is 217 Å². The predicted molar refractivity (Wildman–Crippen MR) is 247 cm³/mol. The SMILES string of the molecule is C1=CC2C3CCC=CC3C3(c4cccc5ccc6c(c45)c4c3cc(-c3ccc(N(c5ccccc5)c5ccc7ccccc7c5)cc3)cc4n6-c3ccccc3)C2C=C1. The van der Waals surface area contributed by atoms with Gasteiger partial charge in [0.2, 0.25) is 0 Å². The lowest BCUT2D eigenvalue weighted by atomic mass is 9.57. The molecular weight excluding hydrogens is 713 g/mol. The molecule has 280 valence electrons. The second-order valence-electron chi connectivity index (χ2n) is 17.1. The Morgan fingerprint density at radius 2 is 1.20 bits per heavy atom. The van der Waals surface area contributed by atoms with Crippen LogP contribution in [0.3, 0.4) is 0 Å². The van der Waals surface area contributed by atoms with Crippen LogP contribution in [0.5, 0.6) is 0 Å². The molecule has 1 saturated carbocycles. The average Bonchev–Trinajstić information content (AvgIpc) is 3.80. The fourth-order valence-corrected chi connectivity index (χ4v) is 12.2. The van der Waals surface area contributed by atoms with Crippen LogP contribution in [0.4, 0.5) is 17.1 Å². The molecule has 2 heteroatoms. The number of anilines is 3. The summed E-state index contributed by atoms with van der Waals surface area (Å²) >= 11 is 0. The van der Waals surface area contributed by atoms with Crippen LogP contribution in [-0.2, 0) is 5.41 Å². The Morgan fingerprint density at radius 3 is 2.07 bits per heavy atom. The van der Waals surface area contributed by atoms with Crippen LogP contribution in [0.25, 0.3) is 60.2 Å². The third kappa shape index (κ3) is 4.57. The molecule has 4 aliphatic carbocycles. The minimum absolute atomic E-state index is 0.203. The van der Waals surface area contributed by atoms with Crippen molar-refractivity contribution in [3.63, 3.8) is 0 Å². The minimum atomic E-state index is -0.203. The van der Waals surface area contributed by atoms with Gasteiger partial charge in [0.15, 0.2) is 0 Å². The van der Waals surface area contributed by atoms with E-state index in [0.29, 0.717) is 23.7 Å². The maximum absolute atomic E-state index is 2.63. The van der Waals surface area contributed by atoms with E-state index in [1.165, 1.54) is 77.7 Å². The smallest absolute Gasteiger partial charge is 0.0550 e. The van der Waals surface area contributed by atoms with Crippen molar-refractivity contribution in [2.24, 2.45) is 23.7 Å². The minimum Gasteiger partial charge on any atom is -0.310 e. The van der Waals surface area contributed by atoms with E-state index in [0.717, 1.165) is 23.5 Å². The molecule has 0 saturated heterocycles. The highest BCUT2D eigenvalue weighted by Gasteiger charge is 2.61. The molecule has 0 aliphatic heterocycles. The van der Waals surface area contributed by atoms with Gasteiger partial charge in [-0.2, -0.15) is 0 Å². The number of para-hydroxylation sites is 2. The van der Waals surface area contributed by atoms with E-state index in [2.05, 4.69) is 216 Å². The lowest BCUT2D eigenvalue weighted by Crippen LogP contribution is -2.40. The number of rotatable bonds is 5. The van der Waals surface area contributed by atoms with Crippen LogP contribution in [0, 0.1) is 23.7 Å². The molecule has 8 aromatic carbocycles. The molecule has 5 atom stereocenters. The Kier molecular flexibility index (Phi) is 7.04. The van der Waals surface area contributed by atoms with Gasteiger partial charge in [-0.15, -0.1) is 0 Å². The van der Waals surface area contributed by atoms with Crippen LogP contribution in [-0.4, -0.2) is 4.57 Å². The highest BCUT2D eigenvalue weighted by atomic mass is 15.1. The van der Waals surface area contributed by atoms with Gasteiger partial charge in [-0.05, 0) is 147 Å². The van der Waals surface area contributed by atoms with Gasteiger partial charge in [0, 0.05) is 38.9 Å². The number of hydrogen-bond donors (Lipinski definition) is 0. The van der Waals surface area contributed by atoms with Crippen LogP contribution >= 0.6 is 0 Å². The molecule has 4 aliphatic rings. The Hall–Kier alpha value is -6.90.